The highest BCUT2D eigenvalue weighted by Gasteiger charge is 2.21. The molecule has 1 aromatic rings. The molecule has 0 aliphatic carbocycles. The molecule has 1 atom stereocenters. The van der Waals surface area contributed by atoms with Crippen molar-refractivity contribution in [1.29, 1.82) is 0 Å². The maximum atomic E-state index is 12.9. The SMILES string of the molecule is CC(CN1CCN(c2ccc(F)cc2)CC1)C(=O)NN. The van der Waals surface area contributed by atoms with Gasteiger partial charge in [0, 0.05) is 44.3 Å². The summed E-state index contributed by atoms with van der Waals surface area (Å²) in [6.07, 6.45) is 0. The van der Waals surface area contributed by atoms with Crippen LogP contribution in [0.4, 0.5) is 10.1 Å². The van der Waals surface area contributed by atoms with Gasteiger partial charge in [0.25, 0.3) is 0 Å². The summed E-state index contributed by atoms with van der Waals surface area (Å²) >= 11 is 0. The monoisotopic (exact) mass is 280 g/mol. The molecule has 1 heterocycles. The van der Waals surface area contributed by atoms with Gasteiger partial charge in [-0.3, -0.25) is 15.1 Å². The Morgan fingerprint density at radius 3 is 2.45 bits per heavy atom. The molecule has 3 N–H and O–H groups in total. The van der Waals surface area contributed by atoms with E-state index in [1.807, 2.05) is 6.92 Å². The van der Waals surface area contributed by atoms with Gasteiger partial charge in [-0.2, -0.15) is 0 Å². The van der Waals surface area contributed by atoms with Crippen LogP contribution in [0.15, 0.2) is 24.3 Å². The normalized spacial score (nSPS) is 17.9. The number of hydrazine groups is 1. The Labute approximate surface area is 118 Å². The standard InChI is InChI=1S/C14H21FN4O/c1-11(14(20)17-16)10-18-6-8-19(9-7-18)13-4-2-12(15)3-5-13/h2-5,11H,6-10,16H2,1H3,(H,17,20). The molecule has 1 fully saturated rings. The van der Waals surface area contributed by atoms with Crippen molar-refractivity contribution in [3.8, 4) is 0 Å². The van der Waals surface area contributed by atoms with Crippen LogP contribution in [0.5, 0.6) is 0 Å². The van der Waals surface area contributed by atoms with E-state index in [0.29, 0.717) is 6.54 Å². The molecule has 0 aromatic heterocycles. The number of hydrogen-bond donors (Lipinski definition) is 2. The molecular formula is C14H21FN4O. The minimum Gasteiger partial charge on any atom is -0.369 e. The lowest BCUT2D eigenvalue weighted by atomic mass is 10.1. The fourth-order valence-electron chi connectivity index (χ4n) is 2.45. The molecule has 2 rings (SSSR count). The topological polar surface area (TPSA) is 61.6 Å². The molecule has 6 heteroatoms. The van der Waals surface area contributed by atoms with Crippen LogP contribution < -0.4 is 16.2 Å². The van der Waals surface area contributed by atoms with Crippen molar-refractivity contribution >= 4 is 11.6 Å². The van der Waals surface area contributed by atoms with Crippen molar-refractivity contribution < 1.29 is 9.18 Å². The summed E-state index contributed by atoms with van der Waals surface area (Å²) in [5.74, 6) is 4.67. The summed E-state index contributed by atoms with van der Waals surface area (Å²) in [6, 6.07) is 6.57. The Hall–Kier alpha value is -1.66. The van der Waals surface area contributed by atoms with Gasteiger partial charge in [0.05, 0.1) is 0 Å². The number of piperazine rings is 1. The second-order valence-corrected chi connectivity index (χ2v) is 5.17. The van der Waals surface area contributed by atoms with Gasteiger partial charge >= 0.3 is 0 Å². The van der Waals surface area contributed by atoms with E-state index in [2.05, 4.69) is 15.2 Å². The van der Waals surface area contributed by atoms with Crippen molar-refractivity contribution in [2.24, 2.45) is 11.8 Å². The van der Waals surface area contributed by atoms with Gasteiger partial charge in [-0.15, -0.1) is 0 Å². The quantitative estimate of drug-likeness (QED) is 0.481. The fraction of sp³-hybridized carbons (Fsp3) is 0.500. The average molecular weight is 280 g/mol. The van der Waals surface area contributed by atoms with Crippen LogP contribution in [-0.4, -0.2) is 43.5 Å². The Morgan fingerprint density at radius 1 is 1.30 bits per heavy atom. The van der Waals surface area contributed by atoms with Gasteiger partial charge in [0.2, 0.25) is 5.91 Å². The number of nitrogens with zero attached hydrogens (tertiary/aromatic N) is 2. The molecule has 0 bridgehead atoms. The summed E-state index contributed by atoms with van der Waals surface area (Å²) in [4.78, 5) is 15.9. The number of anilines is 1. The van der Waals surface area contributed by atoms with E-state index in [-0.39, 0.29) is 17.6 Å². The van der Waals surface area contributed by atoms with Crippen LogP contribution in [0.1, 0.15) is 6.92 Å². The van der Waals surface area contributed by atoms with Crippen molar-refractivity contribution in [2.45, 2.75) is 6.92 Å². The number of carbonyl (C=O) groups is 1. The maximum Gasteiger partial charge on any atom is 0.237 e. The van der Waals surface area contributed by atoms with Crippen LogP contribution in [0.3, 0.4) is 0 Å². The third kappa shape index (κ3) is 3.68. The number of rotatable bonds is 4. The van der Waals surface area contributed by atoms with Crippen LogP contribution in [0.2, 0.25) is 0 Å². The first kappa shape index (κ1) is 14.7. The van der Waals surface area contributed by atoms with Crippen molar-refractivity contribution in [1.82, 2.24) is 10.3 Å². The molecule has 1 saturated heterocycles. The Bertz CT molecular complexity index is 443. The molecule has 20 heavy (non-hydrogen) atoms. The number of nitrogens with two attached hydrogens (primary N) is 1. The van der Waals surface area contributed by atoms with E-state index in [1.165, 1.54) is 12.1 Å². The summed E-state index contributed by atoms with van der Waals surface area (Å²) in [7, 11) is 0. The van der Waals surface area contributed by atoms with Crippen molar-refractivity contribution in [2.75, 3.05) is 37.6 Å². The van der Waals surface area contributed by atoms with E-state index in [0.717, 1.165) is 31.9 Å². The largest absolute Gasteiger partial charge is 0.369 e. The first-order chi connectivity index (χ1) is 9.60. The lowest BCUT2D eigenvalue weighted by Crippen LogP contribution is -2.49. The molecule has 1 aliphatic rings. The zero-order chi connectivity index (χ0) is 14.5. The van der Waals surface area contributed by atoms with E-state index < -0.39 is 0 Å². The summed E-state index contributed by atoms with van der Waals surface area (Å²) in [5, 5.41) is 0. The summed E-state index contributed by atoms with van der Waals surface area (Å²) in [6.45, 7) is 6.11. The lowest BCUT2D eigenvalue weighted by molar-refractivity contribution is -0.125. The van der Waals surface area contributed by atoms with Gasteiger partial charge < -0.3 is 4.90 Å². The molecule has 0 radical (unpaired) electrons. The van der Waals surface area contributed by atoms with E-state index in [1.54, 1.807) is 12.1 Å². The third-order valence-electron chi connectivity index (χ3n) is 3.69. The van der Waals surface area contributed by atoms with Gasteiger partial charge in [0.15, 0.2) is 0 Å². The van der Waals surface area contributed by atoms with E-state index >= 15 is 0 Å². The van der Waals surface area contributed by atoms with Gasteiger partial charge in [-0.05, 0) is 24.3 Å². The third-order valence-corrected chi connectivity index (χ3v) is 3.69. The number of nitrogens with one attached hydrogen (secondary N) is 1. The highest BCUT2D eigenvalue weighted by Crippen LogP contribution is 2.17. The minimum atomic E-state index is -0.214. The second kappa shape index (κ2) is 6.67. The highest BCUT2D eigenvalue weighted by atomic mass is 19.1. The minimum absolute atomic E-state index is 0.114. The zero-order valence-electron chi connectivity index (χ0n) is 11.7. The molecule has 0 saturated carbocycles. The molecule has 1 aliphatic heterocycles. The lowest BCUT2D eigenvalue weighted by Gasteiger charge is -2.36. The summed E-state index contributed by atoms with van der Waals surface area (Å²) in [5.41, 5.74) is 3.22. The molecule has 5 nitrogen and oxygen atoms in total. The molecule has 0 spiro atoms. The number of amides is 1. The predicted octanol–water partition coefficient (Wildman–Crippen LogP) is 0.574. The number of benzene rings is 1. The smallest absolute Gasteiger partial charge is 0.237 e. The van der Waals surface area contributed by atoms with Crippen LogP contribution >= 0.6 is 0 Å². The van der Waals surface area contributed by atoms with E-state index in [9.17, 15) is 9.18 Å². The van der Waals surface area contributed by atoms with E-state index in [4.69, 9.17) is 5.84 Å². The molecule has 1 amide bonds. The number of halogens is 1. The van der Waals surface area contributed by atoms with Gasteiger partial charge in [-0.25, -0.2) is 10.2 Å². The van der Waals surface area contributed by atoms with Gasteiger partial charge in [-0.1, -0.05) is 6.92 Å². The van der Waals surface area contributed by atoms with Crippen LogP contribution in [0, 0.1) is 11.7 Å². The molecular weight excluding hydrogens is 259 g/mol. The average Bonchev–Trinajstić information content (AvgIpc) is 2.48. The summed E-state index contributed by atoms with van der Waals surface area (Å²) < 4.78 is 12.9. The van der Waals surface area contributed by atoms with Crippen LogP contribution in [0.25, 0.3) is 0 Å². The fourth-order valence-corrected chi connectivity index (χ4v) is 2.45. The molecule has 110 valence electrons. The maximum absolute atomic E-state index is 12.9. The molecule has 1 aromatic carbocycles. The highest BCUT2D eigenvalue weighted by molar-refractivity contribution is 5.77. The van der Waals surface area contributed by atoms with Crippen molar-refractivity contribution in [3.05, 3.63) is 30.1 Å². The Kier molecular flexibility index (Phi) is 4.92. The Balaban J connectivity index is 1.83. The first-order valence-corrected chi connectivity index (χ1v) is 6.83. The number of hydrogen-bond acceptors (Lipinski definition) is 4. The van der Waals surface area contributed by atoms with Crippen LogP contribution in [-0.2, 0) is 4.79 Å². The molecule has 1 unspecified atom stereocenters. The first-order valence-electron chi connectivity index (χ1n) is 6.83. The van der Waals surface area contributed by atoms with Crippen molar-refractivity contribution in [3.63, 3.8) is 0 Å². The predicted molar refractivity (Wildman–Crippen MR) is 76.5 cm³/mol. The zero-order valence-corrected chi connectivity index (χ0v) is 11.7. The second-order valence-electron chi connectivity index (χ2n) is 5.17. The Morgan fingerprint density at radius 2 is 1.90 bits per heavy atom. The number of carbonyl (C=O) groups excluding carboxylic acids is 1. The van der Waals surface area contributed by atoms with Gasteiger partial charge in [0.1, 0.15) is 5.82 Å².